The number of halogens is 3. The summed E-state index contributed by atoms with van der Waals surface area (Å²) in [5.74, 6) is -6.13. The van der Waals surface area contributed by atoms with Gasteiger partial charge in [0.1, 0.15) is 0 Å². The monoisotopic (exact) mass is 220 g/mol. The van der Waals surface area contributed by atoms with E-state index in [2.05, 4.69) is 4.74 Å². The fraction of sp³-hybridized carbons (Fsp3) is 0.222. The summed E-state index contributed by atoms with van der Waals surface area (Å²) in [5.41, 5.74) is -0.552. The van der Waals surface area contributed by atoms with Gasteiger partial charge in [-0.2, -0.15) is 0 Å². The fourth-order valence-electron chi connectivity index (χ4n) is 1.10. The largest absolute Gasteiger partial charge is 0.479 e. The van der Waals surface area contributed by atoms with Gasteiger partial charge in [-0.25, -0.2) is 18.0 Å². The number of aliphatic carboxylic acids is 1. The molecule has 0 aliphatic rings. The molecule has 0 saturated heterocycles. The lowest BCUT2D eigenvalue weighted by atomic mass is 10.1. The predicted molar refractivity (Wildman–Crippen MR) is 43.7 cm³/mol. The van der Waals surface area contributed by atoms with Crippen molar-refractivity contribution in [2.24, 2.45) is 0 Å². The molecule has 1 rings (SSSR count). The molecule has 82 valence electrons. The van der Waals surface area contributed by atoms with Crippen LogP contribution in [0.25, 0.3) is 0 Å². The lowest BCUT2D eigenvalue weighted by molar-refractivity contribution is -0.149. The molecule has 3 nitrogen and oxygen atoms in total. The second-order valence-corrected chi connectivity index (χ2v) is 2.72. The zero-order valence-electron chi connectivity index (χ0n) is 7.63. The molecule has 1 atom stereocenters. The summed E-state index contributed by atoms with van der Waals surface area (Å²) in [6.45, 7) is 0. The molecule has 6 heteroatoms. The maximum absolute atomic E-state index is 13.1. The van der Waals surface area contributed by atoms with Crippen molar-refractivity contribution < 1.29 is 27.8 Å². The molecule has 0 heterocycles. The number of hydrogen-bond donors (Lipinski definition) is 1. The minimum atomic E-state index is -1.71. The van der Waals surface area contributed by atoms with Crippen molar-refractivity contribution in [2.75, 3.05) is 7.11 Å². The highest BCUT2D eigenvalue weighted by Crippen LogP contribution is 2.23. The predicted octanol–water partition coefficient (Wildman–Crippen LogP) is 1.88. The zero-order valence-corrected chi connectivity index (χ0v) is 7.63. The van der Waals surface area contributed by atoms with Crippen LogP contribution in [0.2, 0.25) is 0 Å². The van der Waals surface area contributed by atoms with E-state index in [-0.39, 0.29) is 0 Å². The molecule has 15 heavy (non-hydrogen) atoms. The van der Waals surface area contributed by atoms with Crippen LogP contribution in [-0.2, 0) is 9.53 Å². The SMILES string of the molecule is CO[C@H](C(=O)O)c1ccc(F)c(F)c1F. The minimum Gasteiger partial charge on any atom is -0.479 e. The third-order valence-electron chi connectivity index (χ3n) is 1.81. The first-order valence-corrected chi connectivity index (χ1v) is 3.88. The summed E-state index contributed by atoms with van der Waals surface area (Å²) in [6.07, 6.45) is -1.65. The van der Waals surface area contributed by atoms with Crippen LogP contribution >= 0.6 is 0 Å². The van der Waals surface area contributed by atoms with Crippen molar-refractivity contribution >= 4 is 5.97 Å². The summed E-state index contributed by atoms with van der Waals surface area (Å²) >= 11 is 0. The maximum atomic E-state index is 13.1. The first-order valence-electron chi connectivity index (χ1n) is 3.88. The van der Waals surface area contributed by atoms with Crippen molar-refractivity contribution in [1.82, 2.24) is 0 Å². The molecule has 1 N–H and O–H groups in total. The van der Waals surface area contributed by atoms with E-state index in [1.165, 1.54) is 0 Å². The molecule has 1 aromatic carbocycles. The van der Waals surface area contributed by atoms with Gasteiger partial charge in [-0.3, -0.25) is 0 Å². The Hall–Kier alpha value is -1.56. The van der Waals surface area contributed by atoms with Gasteiger partial charge in [0.05, 0.1) is 0 Å². The van der Waals surface area contributed by atoms with Crippen LogP contribution in [0.3, 0.4) is 0 Å². The number of carboxylic acid groups (broad SMARTS) is 1. The molecule has 0 aromatic heterocycles. The molecular formula is C9H7F3O3. The van der Waals surface area contributed by atoms with E-state index >= 15 is 0 Å². The third kappa shape index (κ3) is 2.10. The van der Waals surface area contributed by atoms with Crippen molar-refractivity contribution in [3.63, 3.8) is 0 Å². The topological polar surface area (TPSA) is 46.5 Å². The minimum absolute atomic E-state index is 0.552. The van der Waals surface area contributed by atoms with Crippen LogP contribution in [-0.4, -0.2) is 18.2 Å². The highest BCUT2D eigenvalue weighted by atomic mass is 19.2. The first kappa shape index (κ1) is 11.5. The Morgan fingerprint density at radius 1 is 1.33 bits per heavy atom. The van der Waals surface area contributed by atoms with Crippen LogP contribution in [0, 0.1) is 17.5 Å². The number of hydrogen-bond acceptors (Lipinski definition) is 2. The number of methoxy groups -OCH3 is 1. The van der Waals surface area contributed by atoms with Crippen LogP contribution in [0.4, 0.5) is 13.2 Å². The van der Waals surface area contributed by atoms with Crippen molar-refractivity contribution in [2.45, 2.75) is 6.10 Å². The first-order chi connectivity index (χ1) is 6.99. The summed E-state index contributed by atoms with van der Waals surface area (Å²) in [7, 11) is 1.03. The average Bonchev–Trinajstić information content (AvgIpc) is 2.18. The summed E-state index contributed by atoms with van der Waals surface area (Å²) in [6, 6.07) is 1.47. The number of carboxylic acids is 1. The number of benzene rings is 1. The van der Waals surface area contributed by atoms with Crippen molar-refractivity contribution in [3.05, 3.63) is 35.1 Å². The van der Waals surface area contributed by atoms with Gasteiger partial charge in [-0.05, 0) is 12.1 Å². The molecule has 0 spiro atoms. The number of rotatable bonds is 3. The molecule has 1 aromatic rings. The van der Waals surface area contributed by atoms with Gasteiger partial charge in [0.2, 0.25) is 0 Å². The van der Waals surface area contributed by atoms with E-state index in [0.717, 1.165) is 13.2 Å². The molecule has 0 saturated carbocycles. The van der Waals surface area contributed by atoms with E-state index in [9.17, 15) is 18.0 Å². The van der Waals surface area contributed by atoms with Gasteiger partial charge in [0.15, 0.2) is 23.6 Å². The molecule has 0 aliphatic carbocycles. The van der Waals surface area contributed by atoms with E-state index in [1.54, 1.807) is 0 Å². The summed E-state index contributed by atoms with van der Waals surface area (Å²) in [4.78, 5) is 10.6. The standard InChI is InChI=1S/C9H7F3O3/c1-15-8(9(13)14)4-2-3-5(10)7(12)6(4)11/h2-3,8H,1H3,(H,13,14)/t8-/m0/s1. The molecule has 0 radical (unpaired) electrons. The van der Waals surface area contributed by atoms with Crippen LogP contribution in [0.1, 0.15) is 11.7 Å². The highest BCUT2D eigenvalue weighted by molar-refractivity contribution is 5.74. The Morgan fingerprint density at radius 3 is 2.40 bits per heavy atom. The fourth-order valence-corrected chi connectivity index (χ4v) is 1.10. The Bertz CT molecular complexity index is 392. The molecule has 0 amide bonds. The average molecular weight is 220 g/mol. The summed E-state index contributed by atoms with van der Waals surface area (Å²) < 4.78 is 42.8. The molecule has 0 unspecified atom stereocenters. The smallest absolute Gasteiger partial charge is 0.337 e. The van der Waals surface area contributed by atoms with Crippen LogP contribution in [0.15, 0.2) is 12.1 Å². The summed E-state index contributed by atoms with van der Waals surface area (Å²) in [5, 5.41) is 8.60. The molecular weight excluding hydrogens is 213 g/mol. The zero-order chi connectivity index (χ0) is 11.6. The second kappa shape index (κ2) is 4.31. The number of carbonyl (C=O) groups is 1. The van der Waals surface area contributed by atoms with E-state index in [1.807, 2.05) is 0 Å². The normalized spacial score (nSPS) is 12.5. The Balaban J connectivity index is 3.25. The lowest BCUT2D eigenvalue weighted by Gasteiger charge is -2.11. The van der Waals surface area contributed by atoms with Gasteiger partial charge in [0.25, 0.3) is 0 Å². The Kier molecular flexibility index (Phi) is 3.31. The van der Waals surface area contributed by atoms with Crippen LogP contribution < -0.4 is 0 Å². The second-order valence-electron chi connectivity index (χ2n) is 2.72. The number of ether oxygens (including phenoxy) is 1. The Labute approximate surface area is 83.1 Å². The quantitative estimate of drug-likeness (QED) is 0.791. The van der Waals surface area contributed by atoms with Gasteiger partial charge >= 0.3 is 5.97 Å². The van der Waals surface area contributed by atoms with E-state index in [4.69, 9.17) is 5.11 Å². The van der Waals surface area contributed by atoms with E-state index < -0.39 is 35.1 Å². The van der Waals surface area contributed by atoms with Crippen LogP contribution in [0.5, 0.6) is 0 Å². The van der Waals surface area contributed by atoms with E-state index in [0.29, 0.717) is 6.07 Å². The molecule has 0 fully saturated rings. The van der Waals surface area contributed by atoms with Crippen molar-refractivity contribution in [1.29, 1.82) is 0 Å². The van der Waals surface area contributed by atoms with Gasteiger partial charge in [-0.1, -0.05) is 0 Å². The molecule has 0 bridgehead atoms. The van der Waals surface area contributed by atoms with Gasteiger partial charge < -0.3 is 9.84 Å². The molecule has 0 aliphatic heterocycles. The van der Waals surface area contributed by atoms with Crippen molar-refractivity contribution in [3.8, 4) is 0 Å². The van der Waals surface area contributed by atoms with Gasteiger partial charge in [0, 0.05) is 12.7 Å². The maximum Gasteiger partial charge on any atom is 0.337 e. The third-order valence-corrected chi connectivity index (χ3v) is 1.81. The lowest BCUT2D eigenvalue weighted by Crippen LogP contribution is -2.16. The highest BCUT2D eigenvalue weighted by Gasteiger charge is 2.25. The van der Waals surface area contributed by atoms with Gasteiger partial charge in [-0.15, -0.1) is 0 Å². The Morgan fingerprint density at radius 2 is 1.93 bits per heavy atom.